The smallest absolute Gasteiger partial charge is 0.259 e. The highest BCUT2D eigenvalue weighted by molar-refractivity contribution is 7.14. The van der Waals surface area contributed by atoms with Gasteiger partial charge in [0.2, 0.25) is 5.78 Å². The molecule has 1 heterocycles. The first-order valence-electron chi connectivity index (χ1n) is 7.91. The van der Waals surface area contributed by atoms with Gasteiger partial charge in [0.05, 0.1) is 10.4 Å². The molecule has 0 bridgehead atoms. The number of nitrogens with one attached hydrogen (secondary N) is 1. The van der Waals surface area contributed by atoms with Gasteiger partial charge < -0.3 is 10.1 Å². The molecule has 1 amide bonds. The van der Waals surface area contributed by atoms with E-state index in [-0.39, 0.29) is 23.9 Å². The third-order valence-electron chi connectivity index (χ3n) is 3.59. The highest BCUT2D eigenvalue weighted by atomic mass is 35.5. The Morgan fingerprint density at radius 3 is 2.54 bits per heavy atom. The van der Waals surface area contributed by atoms with Crippen LogP contribution in [-0.2, 0) is 0 Å². The van der Waals surface area contributed by atoms with E-state index in [4.69, 9.17) is 16.3 Å². The van der Waals surface area contributed by atoms with E-state index in [9.17, 15) is 9.59 Å². The van der Waals surface area contributed by atoms with Crippen LogP contribution in [0.15, 0.2) is 60.7 Å². The van der Waals surface area contributed by atoms with E-state index in [2.05, 4.69) is 5.32 Å². The standard InChI is InChI=1S/C20H16ClNO3S/c1-13-7-10-19(26-13)17(23)12-25-18-9-8-14(21)11-16(18)20(24)22-15-5-3-2-4-6-15/h2-11H,12H2,1H3,(H,22,24). The third-order valence-corrected chi connectivity index (χ3v) is 4.87. The molecule has 0 saturated heterocycles. The summed E-state index contributed by atoms with van der Waals surface area (Å²) < 4.78 is 5.61. The van der Waals surface area contributed by atoms with Crippen molar-refractivity contribution in [2.24, 2.45) is 0 Å². The van der Waals surface area contributed by atoms with Gasteiger partial charge in [-0.05, 0) is 49.4 Å². The average Bonchev–Trinajstić information content (AvgIpc) is 3.07. The van der Waals surface area contributed by atoms with Gasteiger partial charge in [0.25, 0.3) is 5.91 Å². The molecule has 1 N–H and O–H groups in total. The molecule has 0 fully saturated rings. The van der Waals surface area contributed by atoms with Gasteiger partial charge in [-0.3, -0.25) is 9.59 Å². The highest BCUT2D eigenvalue weighted by Crippen LogP contribution is 2.25. The fraction of sp³-hybridized carbons (Fsp3) is 0.100. The summed E-state index contributed by atoms with van der Waals surface area (Å²) >= 11 is 7.44. The fourth-order valence-corrected chi connectivity index (χ4v) is 3.29. The summed E-state index contributed by atoms with van der Waals surface area (Å²) in [5, 5.41) is 3.20. The van der Waals surface area contributed by atoms with Crippen LogP contribution in [0.1, 0.15) is 24.9 Å². The zero-order chi connectivity index (χ0) is 18.5. The van der Waals surface area contributed by atoms with Crippen LogP contribution < -0.4 is 10.1 Å². The molecule has 6 heteroatoms. The summed E-state index contributed by atoms with van der Waals surface area (Å²) in [7, 11) is 0. The van der Waals surface area contributed by atoms with Crippen LogP contribution in [0.4, 0.5) is 5.69 Å². The van der Waals surface area contributed by atoms with Crippen molar-refractivity contribution in [2.45, 2.75) is 6.92 Å². The molecule has 0 atom stereocenters. The first-order valence-corrected chi connectivity index (χ1v) is 9.11. The van der Waals surface area contributed by atoms with Gasteiger partial charge in [-0.25, -0.2) is 0 Å². The minimum Gasteiger partial charge on any atom is -0.485 e. The Balaban J connectivity index is 1.75. The van der Waals surface area contributed by atoms with E-state index in [0.717, 1.165) is 4.88 Å². The summed E-state index contributed by atoms with van der Waals surface area (Å²) in [4.78, 5) is 26.5. The zero-order valence-corrected chi connectivity index (χ0v) is 15.6. The molecule has 0 radical (unpaired) electrons. The van der Waals surface area contributed by atoms with Gasteiger partial charge in [-0.15, -0.1) is 11.3 Å². The monoisotopic (exact) mass is 385 g/mol. The molecule has 0 saturated carbocycles. The molecule has 3 aromatic rings. The van der Waals surface area contributed by atoms with Crippen molar-refractivity contribution in [3.63, 3.8) is 0 Å². The van der Waals surface area contributed by atoms with Gasteiger partial charge in [0, 0.05) is 15.6 Å². The van der Waals surface area contributed by atoms with Gasteiger partial charge in [-0.2, -0.15) is 0 Å². The number of Topliss-reactive ketones (excluding diaryl/α,β-unsaturated/α-hetero) is 1. The maximum Gasteiger partial charge on any atom is 0.259 e. The topological polar surface area (TPSA) is 55.4 Å². The van der Waals surface area contributed by atoms with Gasteiger partial charge in [0.15, 0.2) is 6.61 Å². The number of amides is 1. The van der Waals surface area contributed by atoms with E-state index in [1.165, 1.54) is 17.4 Å². The Kier molecular flexibility index (Phi) is 5.71. The molecule has 0 aliphatic rings. The first-order chi connectivity index (χ1) is 12.5. The highest BCUT2D eigenvalue weighted by Gasteiger charge is 2.16. The number of hydrogen-bond acceptors (Lipinski definition) is 4. The zero-order valence-electron chi connectivity index (χ0n) is 14.0. The second kappa shape index (κ2) is 8.17. The van der Waals surface area contributed by atoms with Gasteiger partial charge >= 0.3 is 0 Å². The van der Waals surface area contributed by atoms with Crippen molar-refractivity contribution < 1.29 is 14.3 Å². The van der Waals surface area contributed by atoms with Crippen molar-refractivity contribution in [1.82, 2.24) is 0 Å². The van der Waals surface area contributed by atoms with Crippen molar-refractivity contribution >= 4 is 40.3 Å². The maximum atomic E-state index is 12.6. The molecule has 3 rings (SSSR count). The molecular weight excluding hydrogens is 370 g/mol. The average molecular weight is 386 g/mol. The van der Waals surface area contributed by atoms with Crippen molar-refractivity contribution in [3.8, 4) is 5.75 Å². The van der Waals surface area contributed by atoms with Crippen molar-refractivity contribution in [1.29, 1.82) is 0 Å². The molecule has 132 valence electrons. The van der Waals surface area contributed by atoms with Crippen LogP contribution in [0.2, 0.25) is 5.02 Å². The number of para-hydroxylation sites is 1. The summed E-state index contributed by atoms with van der Waals surface area (Å²) in [5.74, 6) is -0.176. The predicted molar refractivity (Wildman–Crippen MR) is 105 cm³/mol. The number of carbonyl (C=O) groups is 2. The van der Waals surface area contributed by atoms with E-state index in [1.54, 1.807) is 30.3 Å². The molecule has 0 aliphatic carbocycles. The van der Waals surface area contributed by atoms with E-state index in [0.29, 0.717) is 21.3 Å². The number of halogens is 1. The Bertz CT molecular complexity index is 937. The molecule has 1 aromatic heterocycles. The molecule has 0 spiro atoms. The molecule has 4 nitrogen and oxygen atoms in total. The number of rotatable bonds is 6. The Hall–Kier alpha value is -2.63. The largest absolute Gasteiger partial charge is 0.485 e. The minimum absolute atomic E-state index is 0.132. The van der Waals surface area contributed by atoms with Crippen molar-refractivity contribution in [3.05, 3.63) is 81.0 Å². The van der Waals surface area contributed by atoms with Crippen molar-refractivity contribution in [2.75, 3.05) is 11.9 Å². The fourth-order valence-electron chi connectivity index (χ4n) is 2.32. The van der Waals surface area contributed by atoms with E-state index < -0.39 is 0 Å². The Morgan fingerprint density at radius 1 is 1.08 bits per heavy atom. The summed E-state index contributed by atoms with van der Waals surface area (Å²) in [5.41, 5.74) is 0.935. The van der Waals surface area contributed by atoms with Gasteiger partial charge in [0.1, 0.15) is 5.75 Å². The Morgan fingerprint density at radius 2 is 1.85 bits per heavy atom. The van der Waals surface area contributed by atoms with Crippen LogP contribution in [0.3, 0.4) is 0 Å². The van der Waals surface area contributed by atoms with Crippen LogP contribution >= 0.6 is 22.9 Å². The summed E-state index contributed by atoms with van der Waals surface area (Å²) in [6, 6.07) is 17.5. The van der Waals surface area contributed by atoms with Crippen LogP contribution in [0.5, 0.6) is 5.75 Å². The SMILES string of the molecule is Cc1ccc(C(=O)COc2ccc(Cl)cc2C(=O)Nc2ccccc2)s1. The summed E-state index contributed by atoms with van der Waals surface area (Å²) in [6.45, 7) is 1.79. The lowest BCUT2D eigenvalue weighted by Gasteiger charge is -2.12. The number of anilines is 1. The number of aryl methyl sites for hydroxylation is 1. The number of carbonyl (C=O) groups excluding carboxylic acids is 2. The molecular formula is C20H16ClNO3S. The lowest BCUT2D eigenvalue weighted by Crippen LogP contribution is -2.16. The molecule has 2 aromatic carbocycles. The molecule has 0 unspecified atom stereocenters. The lowest BCUT2D eigenvalue weighted by molar-refractivity contribution is 0.0918. The number of hydrogen-bond donors (Lipinski definition) is 1. The number of ether oxygens (including phenoxy) is 1. The maximum absolute atomic E-state index is 12.6. The Labute approximate surface area is 160 Å². The lowest BCUT2D eigenvalue weighted by atomic mass is 10.1. The van der Waals surface area contributed by atoms with Crippen LogP contribution in [-0.4, -0.2) is 18.3 Å². The number of benzene rings is 2. The normalized spacial score (nSPS) is 10.4. The predicted octanol–water partition coefficient (Wildman–Crippen LogP) is 5.22. The van der Waals surface area contributed by atoms with Crippen LogP contribution in [0, 0.1) is 6.92 Å². The second-order valence-corrected chi connectivity index (χ2v) is 7.31. The third kappa shape index (κ3) is 4.50. The van der Waals surface area contributed by atoms with E-state index >= 15 is 0 Å². The molecule has 26 heavy (non-hydrogen) atoms. The quantitative estimate of drug-likeness (QED) is 0.591. The van der Waals surface area contributed by atoms with Gasteiger partial charge in [-0.1, -0.05) is 29.8 Å². The first kappa shape index (κ1) is 18.2. The summed E-state index contributed by atoms with van der Waals surface area (Å²) in [6.07, 6.45) is 0. The number of ketones is 1. The minimum atomic E-state index is -0.354. The van der Waals surface area contributed by atoms with Crippen LogP contribution in [0.25, 0.3) is 0 Å². The van der Waals surface area contributed by atoms with E-state index in [1.807, 2.05) is 31.2 Å². The molecule has 0 aliphatic heterocycles. The second-order valence-electron chi connectivity index (χ2n) is 5.58. The number of thiophene rings is 1.